The molecule has 3 N–H and O–H groups in total. The first kappa shape index (κ1) is 17.0. The predicted octanol–water partition coefficient (Wildman–Crippen LogP) is 3.65. The SMILES string of the molecule is NC1CCN(CC(c2cccc3ccccc23)C2(O)CCCCC2)C1. The third-order valence-electron chi connectivity index (χ3n) is 6.32. The van der Waals surface area contributed by atoms with E-state index in [1.54, 1.807) is 0 Å². The lowest BCUT2D eigenvalue weighted by atomic mass is 9.71. The van der Waals surface area contributed by atoms with Crippen LogP contribution in [0.5, 0.6) is 0 Å². The number of rotatable bonds is 4. The Morgan fingerprint density at radius 2 is 1.84 bits per heavy atom. The second-order valence-electron chi connectivity index (χ2n) is 8.09. The first-order valence-corrected chi connectivity index (χ1v) is 9.84. The highest BCUT2D eigenvalue weighted by molar-refractivity contribution is 5.86. The van der Waals surface area contributed by atoms with E-state index in [9.17, 15) is 5.11 Å². The van der Waals surface area contributed by atoms with E-state index in [0.717, 1.165) is 51.7 Å². The molecule has 2 unspecified atom stereocenters. The molecule has 134 valence electrons. The van der Waals surface area contributed by atoms with Crippen LogP contribution in [0, 0.1) is 0 Å². The van der Waals surface area contributed by atoms with Gasteiger partial charge in [0.1, 0.15) is 0 Å². The van der Waals surface area contributed by atoms with Crippen LogP contribution in [-0.2, 0) is 0 Å². The fourth-order valence-electron chi connectivity index (χ4n) is 4.91. The number of nitrogens with two attached hydrogens (primary N) is 1. The summed E-state index contributed by atoms with van der Waals surface area (Å²) in [6.45, 7) is 2.92. The third-order valence-corrected chi connectivity index (χ3v) is 6.32. The van der Waals surface area contributed by atoms with Gasteiger partial charge in [0.2, 0.25) is 0 Å². The molecule has 2 fully saturated rings. The molecule has 2 atom stereocenters. The topological polar surface area (TPSA) is 49.5 Å². The molecule has 0 radical (unpaired) electrons. The van der Waals surface area contributed by atoms with Crippen molar-refractivity contribution in [3.8, 4) is 0 Å². The summed E-state index contributed by atoms with van der Waals surface area (Å²) >= 11 is 0. The van der Waals surface area contributed by atoms with Gasteiger partial charge in [0.25, 0.3) is 0 Å². The van der Waals surface area contributed by atoms with E-state index >= 15 is 0 Å². The Bertz CT molecular complexity index is 718. The monoisotopic (exact) mass is 338 g/mol. The van der Waals surface area contributed by atoms with E-state index in [1.807, 2.05) is 0 Å². The average molecular weight is 338 g/mol. The summed E-state index contributed by atoms with van der Waals surface area (Å²) in [6.07, 6.45) is 6.43. The molecule has 25 heavy (non-hydrogen) atoms. The quantitative estimate of drug-likeness (QED) is 0.894. The van der Waals surface area contributed by atoms with Crippen LogP contribution >= 0.6 is 0 Å². The molecule has 2 aliphatic rings. The Kier molecular flexibility index (Phi) is 4.81. The molecular weight excluding hydrogens is 308 g/mol. The van der Waals surface area contributed by atoms with Gasteiger partial charge in [0.05, 0.1) is 5.60 Å². The highest BCUT2D eigenvalue weighted by Crippen LogP contribution is 2.42. The summed E-state index contributed by atoms with van der Waals surface area (Å²) in [5, 5.41) is 14.2. The molecule has 2 aromatic carbocycles. The van der Waals surface area contributed by atoms with Crippen LogP contribution in [0.3, 0.4) is 0 Å². The van der Waals surface area contributed by atoms with Gasteiger partial charge in [0, 0.05) is 25.0 Å². The van der Waals surface area contributed by atoms with E-state index < -0.39 is 5.60 Å². The molecule has 4 rings (SSSR count). The van der Waals surface area contributed by atoms with E-state index in [4.69, 9.17) is 5.73 Å². The maximum Gasteiger partial charge on any atom is 0.0728 e. The van der Waals surface area contributed by atoms with E-state index in [-0.39, 0.29) is 12.0 Å². The van der Waals surface area contributed by atoms with Crippen LogP contribution in [0.1, 0.15) is 50.0 Å². The van der Waals surface area contributed by atoms with E-state index in [1.165, 1.54) is 22.8 Å². The zero-order valence-corrected chi connectivity index (χ0v) is 15.0. The predicted molar refractivity (Wildman–Crippen MR) is 104 cm³/mol. The van der Waals surface area contributed by atoms with Gasteiger partial charge in [-0.1, -0.05) is 61.7 Å². The summed E-state index contributed by atoms with van der Waals surface area (Å²) in [6, 6.07) is 15.4. The standard InChI is InChI=1S/C22H30N2O/c23-18-11-14-24(15-18)16-21(22(25)12-4-1-5-13-22)20-10-6-8-17-7-2-3-9-19(17)20/h2-3,6-10,18,21,25H,1,4-5,11-16,23H2. The first-order valence-electron chi connectivity index (χ1n) is 9.84. The molecule has 1 aliphatic carbocycles. The van der Waals surface area contributed by atoms with Crippen LogP contribution in [0.25, 0.3) is 10.8 Å². The molecule has 1 saturated carbocycles. The molecule has 3 heteroatoms. The molecule has 0 spiro atoms. The van der Waals surface area contributed by atoms with E-state index in [0.29, 0.717) is 0 Å². The fourth-order valence-corrected chi connectivity index (χ4v) is 4.91. The van der Waals surface area contributed by atoms with Crippen LogP contribution in [0.4, 0.5) is 0 Å². The van der Waals surface area contributed by atoms with Crippen molar-refractivity contribution in [3.63, 3.8) is 0 Å². The van der Waals surface area contributed by atoms with Crippen molar-refractivity contribution in [1.82, 2.24) is 4.90 Å². The number of hydrogen-bond donors (Lipinski definition) is 2. The minimum atomic E-state index is -0.588. The third kappa shape index (κ3) is 3.46. The minimum Gasteiger partial charge on any atom is -0.389 e. The van der Waals surface area contributed by atoms with Crippen molar-refractivity contribution in [1.29, 1.82) is 0 Å². The molecule has 1 aliphatic heterocycles. The lowest BCUT2D eigenvalue weighted by Crippen LogP contribution is -2.44. The van der Waals surface area contributed by atoms with Crippen LogP contribution in [0.15, 0.2) is 42.5 Å². The van der Waals surface area contributed by atoms with Crippen LogP contribution in [-0.4, -0.2) is 41.3 Å². The molecule has 2 aromatic rings. The first-order chi connectivity index (χ1) is 12.2. The summed E-state index contributed by atoms with van der Waals surface area (Å²) in [5.74, 6) is 0.157. The van der Waals surface area contributed by atoms with Gasteiger partial charge < -0.3 is 15.7 Å². The van der Waals surface area contributed by atoms with Crippen molar-refractivity contribution in [2.75, 3.05) is 19.6 Å². The zero-order valence-electron chi connectivity index (χ0n) is 15.0. The molecule has 0 amide bonds. The second kappa shape index (κ2) is 7.06. The Morgan fingerprint density at radius 1 is 1.08 bits per heavy atom. The smallest absolute Gasteiger partial charge is 0.0728 e. The van der Waals surface area contributed by atoms with Gasteiger partial charge in [0.15, 0.2) is 0 Å². The van der Waals surface area contributed by atoms with Crippen molar-refractivity contribution >= 4 is 10.8 Å². The zero-order chi connectivity index (χ0) is 17.3. The van der Waals surface area contributed by atoms with Gasteiger partial charge in [-0.15, -0.1) is 0 Å². The van der Waals surface area contributed by atoms with Crippen molar-refractivity contribution < 1.29 is 5.11 Å². The Hall–Kier alpha value is -1.42. The number of nitrogens with zero attached hydrogens (tertiary/aromatic N) is 1. The van der Waals surface area contributed by atoms with Crippen molar-refractivity contribution in [2.24, 2.45) is 5.73 Å². The van der Waals surface area contributed by atoms with Gasteiger partial charge in [-0.3, -0.25) is 0 Å². The molecule has 3 nitrogen and oxygen atoms in total. The maximum atomic E-state index is 11.6. The summed E-state index contributed by atoms with van der Waals surface area (Å²) in [4.78, 5) is 2.46. The molecule has 0 aromatic heterocycles. The number of benzene rings is 2. The fraction of sp³-hybridized carbons (Fsp3) is 0.545. The van der Waals surface area contributed by atoms with Crippen molar-refractivity contribution in [3.05, 3.63) is 48.0 Å². The lowest BCUT2D eigenvalue weighted by molar-refractivity contribution is -0.0290. The summed E-state index contributed by atoms with van der Waals surface area (Å²) in [7, 11) is 0. The normalized spacial score (nSPS) is 25.3. The largest absolute Gasteiger partial charge is 0.389 e. The number of fused-ring (bicyclic) bond motifs is 1. The summed E-state index contributed by atoms with van der Waals surface area (Å²) in [5.41, 5.74) is 6.86. The lowest BCUT2D eigenvalue weighted by Gasteiger charge is -2.41. The Labute approximate surface area is 150 Å². The second-order valence-corrected chi connectivity index (χ2v) is 8.09. The van der Waals surface area contributed by atoms with Gasteiger partial charge >= 0.3 is 0 Å². The molecular formula is C22H30N2O. The van der Waals surface area contributed by atoms with Gasteiger partial charge in [-0.2, -0.15) is 0 Å². The molecule has 1 saturated heterocycles. The number of hydrogen-bond acceptors (Lipinski definition) is 3. The number of likely N-dealkylation sites (tertiary alicyclic amines) is 1. The Morgan fingerprint density at radius 3 is 2.60 bits per heavy atom. The highest BCUT2D eigenvalue weighted by Gasteiger charge is 2.40. The van der Waals surface area contributed by atoms with Crippen LogP contribution < -0.4 is 5.73 Å². The highest BCUT2D eigenvalue weighted by atomic mass is 16.3. The molecule has 1 heterocycles. The van der Waals surface area contributed by atoms with Crippen LogP contribution in [0.2, 0.25) is 0 Å². The average Bonchev–Trinajstić information content (AvgIpc) is 3.05. The Balaban J connectivity index is 1.73. The minimum absolute atomic E-state index is 0.157. The van der Waals surface area contributed by atoms with Crippen molar-refractivity contribution in [2.45, 2.75) is 56.1 Å². The van der Waals surface area contributed by atoms with Gasteiger partial charge in [-0.05, 0) is 42.1 Å². The number of aliphatic hydroxyl groups is 1. The van der Waals surface area contributed by atoms with E-state index in [2.05, 4.69) is 47.4 Å². The molecule has 0 bridgehead atoms. The summed E-state index contributed by atoms with van der Waals surface area (Å²) < 4.78 is 0. The maximum absolute atomic E-state index is 11.6. The van der Waals surface area contributed by atoms with Gasteiger partial charge in [-0.25, -0.2) is 0 Å².